The third kappa shape index (κ3) is 5.03. The van der Waals surface area contributed by atoms with E-state index in [-0.39, 0.29) is 23.8 Å². The first-order valence-electron chi connectivity index (χ1n) is 12.0. The van der Waals surface area contributed by atoms with Gasteiger partial charge in [0.1, 0.15) is 11.4 Å². The van der Waals surface area contributed by atoms with Gasteiger partial charge in [0.2, 0.25) is 11.3 Å². The molecular weight excluding hydrogens is 488 g/mol. The molecule has 1 saturated heterocycles. The number of amides is 2. The molecule has 7 nitrogen and oxygen atoms in total. The van der Waals surface area contributed by atoms with Crippen molar-refractivity contribution in [1.29, 1.82) is 0 Å². The molecule has 1 N–H and O–H groups in total. The number of ether oxygens (including phenoxy) is 1. The van der Waals surface area contributed by atoms with E-state index < -0.39 is 40.6 Å². The Labute approximate surface area is 218 Å². The van der Waals surface area contributed by atoms with Crippen LogP contribution < -0.4 is 5.32 Å². The quantitative estimate of drug-likeness (QED) is 0.297. The summed E-state index contributed by atoms with van der Waals surface area (Å²) < 4.78 is 19.0. The van der Waals surface area contributed by atoms with Crippen LogP contribution in [-0.4, -0.2) is 44.4 Å². The lowest BCUT2D eigenvalue weighted by Gasteiger charge is -2.49. The summed E-state index contributed by atoms with van der Waals surface area (Å²) in [4.78, 5) is 40.5. The van der Waals surface area contributed by atoms with Crippen LogP contribution in [0, 0.1) is 0 Å². The Balaban J connectivity index is 1.35. The van der Waals surface area contributed by atoms with E-state index in [4.69, 9.17) is 4.74 Å². The normalized spacial score (nSPS) is 20.8. The molecule has 37 heavy (non-hydrogen) atoms. The minimum Gasteiger partial charge on any atom is -0.614 e. The van der Waals surface area contributed by atoms with E-state index >= 15 is 0 Å². The maximum atomic E-state index is 13.5. The first kappa shape index (κ1) is 24.8. The van der Waals surface area contributed by atoms with Crippen molar-refractivity contribution in [3.05, 3.63) is 119 Å². The minimum atomic E-state index is -1.47. The van der Waals surface area contributed by atoms with E-state index in [9.17, 15) is 18.9 Å². The number of rotatable bonds is 7. The van der Waals surface area contributed by atoms with E-state index in [1.807, 2.05) is 91.0 Å². The van der Waals surface area contributed by atoms with Crippen molar-refractivity contribution in [2.75, 3.05) is 5.75 Å². The molecule has 0 aliphatic carbocycles. The molecule has 0 aromatic heterocycles. The van der Waals surface area contributed by atoms with Gasteiger partial charge in [-0.05, 0) is 34.8 Å². The summed E-state index contributed by atoms with van der Waals surface area (Å²) >= 11 is -1.47. The van der Waals surface area contributed by atoms with Crippen LogP contribution in [0.25, 0.3) is 0 Å². The van der Waals surface area contributed by atoms with E-state index in [0.29, 0.717) is 5.57 Å². The maximum absolute atomic E-state index is 13.5. The summed E-state index contributed by atoms with van der Waals surface area (Å²) in [5, 5.41) is 1.90. The van der Waals surface area contributed by atoms with Crippen LogP contribution in [0.3, 0.4) is 0 Å². The summed E-state index contributed by atoms with van der Waals surface area (Å²) in [6.07, 6.45) is -0.581. The lowest BCUT2D eigenvalue weighted by molar-refractivity contribution is -0.155. The van der Waals surface area contributed by atoms with E-state index in [1.54, 1.807) is 6.92 Å². The fraction of sp³-hybridized carbons (Fsp3) is 0.207. The predicted molar refractivity (Wildman–Crippen MR) is 139 cm³/mol. The molecule has 0 radical (unpaired) electrons. The number of fused-ring (bicyclic) bond motifs is 1. The van der Waals surface area contributed by atoms with Crippen molar-refractivity contribution >= 4 is 29.0 Å². The Morgan fingerprint density at radius 2 is 1.51 bits per heavy atom. The highest BCUT2D eigenvalue weighted by Crippen LogP contribution is 2.38. The van der Waals surface area contributed by atoms with Crippen LogP contribution in [0.15, 0.2) is 102 Å². The molecule has 0 saturated carbocycles. The Bertz CT molecular complexity index is 1290. The number of esters is 1. The zero-order valence-electron chi connectivity index (χ0n) is 20.2. The van der Waals surface area contributed by atoms with Crippen molar-refractivity contribution in [3.8, 4) is 0 Å². The molecule has 3 aromatic carbocycles. The lowest BCUT2D eigenvalue weighted by Crippen LogP contribution is -2.74. The van der Waals surface area contributed by atoms with Gasteiger partial charge in [-0.2, -0.15) is 0 Å². The SMILES string of the molecule is CC1=C(C(=O)OC(c2ccccc2)c2ccccc2)N2C(=O)C(NC(=O)Cc3ccccc3)[C@@H]2[S+]([O-])C1. The number of nitrogens with one attached hydrogen (secondary N) is 1. The standard InChI is InChI=1S/C29H26N2O5S/c1-19-18-37(35)28-24(30-23(32)17-20-11-5-2-6-12-20)27(33)31(28)25(19)29(34)36-26(21-13-7-3-8-14-21)22-15-9-4-10-16-22/h2-16,24,26,28H,17-18H2,1H3,(H,30,32)/t24?,28-,37?/m0/s1. The third-order valence-corrected chi connectivity index (χ3v) is 8.20. The maximum Gasteiger partial charge on any atom is 0.356 e. The molecule has 2 unspecified atom stereocenters. The van der Waals surface area contributed by atoms with Gasteiger partial charge in [0, 0.05) is 5.57 Å². The van der Waals surface area contributed by atoms with Crippen molar-refractivity contribution in [2.45, 2.75) is 30.9 Å². The van der Waals surface area contributed by atoms with Crippen LogP contribution in [0.1, 0.15) is 29.7 Å². The molecule has 8 heteroatoms. The summed E-state index contributed by atoms with van der Waals surface area (Å²) in [6, 6.07) is 26.9. The van der Waals surface area contributed by atoms with Gasteiger partial charge in [0.05, 0.1) is 6.42 Å². The summed E-state index contributed by atoms with van der Waals surface area (Å²) in [5.74, 6) is -1.36. The molecule has 2 aliphatic heterocycles. The van der Waals surface area contributed by atoms with Crippen LogP contribution in [0.2, 0.25) is 0 Å². The highest BCUT2D eigenvalue weighted by molar-refractivity contribution is 7.92. The Kier molecular flexibility index (Phi) is 7.12. The number of nitrogens with zero attached hydrogens (tertiary/aromatic N) is 1. The second-order valence-corrected chi connectivity index (χ2v) is 10.6. The first-order chi connectivity index (χ1) is 17.9. The highest BCUT2D eigenvalue weighted by Gasteiger charge is 2.60. The number of hydrogen-bond donors (Lipinski definition) is 1. The average molecular weight is 515 g/mol. The van der Waals surface area contributed by atoms with Gasteiger partial charge in [-0.15, -0.1) is 0 Å². The van der Waals surface area contributed by atoms with Gasteiger partial charge in [-0.1, -0.05) is 91.0 Å². The Hall–Kier alpha value is -3.88. The largest absolute Gasteiger partial charge is 0.614 e. The molecule has 2 heterocycles. The summed E-state index contributed by atoms with van der Waals surface area (Å²) in [5.41, 5.74) is 3.00. The van der Waals surface area contributed by atoms with Crippen molar-refractivity contribution in [1.82, 2.24) is 10.2 Å². The van der Waals surface area contributed by atoms with Crippen molar-refractivity contribution < 1.29 is 23.7 Å². The molecule has 0 spiro atoms. The molecular formula is C29H26N2O5S. The number of carbonyl (C=O) groups excluding carboxylic acids is 3. The fourth-order valence-corrected chi connectivity index (χ4v) is 6.37. The number of benzene rings is 3. The van der Waals surface area contributed by atoms with Gasteiger partial charge < -0.3 is 14.6 Å². The molecule has 0 bridgehead atoms. The Morgan fingerprint density at radius 3 is 2.08 bits per heavy atom. The molecule has 2 amide bonds. The summed E-state index contributed by atoms with van der Waals surface area (Å²) in [6.45, 7) is 1.68. The van der Waals surface area contributed by atoms with Gasteiger partial charge in [-0.25, -0.2) is 4.79 Å². The number of hydrogen-bond acceptors (Lipinski definition) is 5. The fourth-order valence-electron chi connectivity index (χ4n) is 4.70. The van der Waals surface area contributed by atoms with E-state index in [0.717, 1.165) is 16.7 Å². The van der Waals surface area contributed by atoms with Crippen LogP contribution in [0.5, 0.6) is 0 Å². The minimum absolute atomic E-state index is 0.0972. The van der Waals surface area contributed by atoms with Crippen molar-refractivity contribution in [2.24, 2.45) is 0 Å². The lowest BCUT2D eigenvalue weighted by atomic mass is 10.0. The monoisotopic (exact) mass is 514 g/mol. The second kappa shape index (κ2) is 10.6. The molecule has 5 rings (SSSR count). The van der Waals surface area contributed by atoms with Gasteiger partial charge >= 0.3 is 5.97 Å². The molecule has 1 fully saturated rings. The zero-order valence-corrected chi connectivity index (χ0v) is 21.0. The molecule has 188 valence electrons. The van der Waals surface area contributed by atoms with E-state index in [1.165, 1.54) is 4.90 Å². The average Bonchev–Trinajstić information content (AvgIpc) is 2.91. The second-order valence-electron chi connectivity index (χ2n) is 9.07. The van der Waals surface area contributed by atoms with Gasteiger partial charge in [-0.3, -0.25) is 14.5 Å². The molecule has 3 aromatic rings. The van der Waals surface area contributed by atoms with Crippen LogP contribution in [0.4, 0.5) is 0 Å². The van der Waals surface area contributed by atoms with Crippen LogP contribution >= 0.6 is 0 Å². The summed E-state index contributed by atoms with van der Waals surface area (Å²) in [7, 11) is 0. The van der Waals surface area contributed by atoms with Crippen molar-refractivity contribution in [3.63, 3.8) is 0 Å². The van der Waals surface area contributed by atoms with Gasteiger partial charge in [0.25, 0.3) is 5.91 Å². The highest BCUT2D eigenvalue weighted by atomic mass is 32.2. The smallest absolute Gasteiger partial charge is 0.356 e. The third-order valence-electron chi connectivity index (χ3n) is 6.46. The predicted octanol–water partition coefficient (Wildman–Crippen LogP) is 3.25. The molecule has 3 atom stereocenters. The number of β-lactam (4-membered cyclic amide) rings is 1. The Morgan fingerprint density at radius 1 is 0.973 bits per heavy atom. The number of carbonyl (C=O) groups is 3. The van der Waals surface area contributed by atoms with Crippen LogP contribution in [-0.2, 0) is 36.7 Å². The van der Waals surface area contributed by atoms with E-state index in [2.05, 4.69) is 5.32 Å². The topological polar surface area (TPSA) is 98.8 Å². The molecule has 2 aliphatic rings. The first-order valence-corrected chi connectivity index (χ1v) is 13.4. The zero-order chi connectivity index (χ0) is 25.9. The van der Waals surface area contributed by atoms with Gasteiger partial charge in [0.15, 0.2) is 12.1 Å².